The fraction of sp³-hybridized carbons (Fsp3) is 0.286. The molecule has 0 saturated heterocycles. The lowest BCUT2D eigenvalue weighted by Crippen LogP contribution is -2.22. The van der Waals surface area contributed by atoms with Crippen molar-refractivity contribution < 1.29 is 4.74 Å². The number of nitrogens with one attached hydrogen (secondary N) is 1. The van der Waals surface area contributed by atoms with Crippen LogP contribution in [0, 0.1) is 0 Å². The summed E-state index contributed by atoms with van der Waals surface area (Å²) in [6, 6.07) is 7.75. The van der Waals surface area contributed by atoms with Crippen LogP contribution in [0.4, 0.5) is 10.9 Å². The van der Waals surface area contributed by atoms with Gasteiger partial charge in [-0.15, -0.1) is 11.3 Å². The molecule has 2 aromatic rings. The van der Waals surface area contributed by atoms with Crippen LogP contribution in [0.15, 0.2) is 34.7 Å². The molecule has 0 spiro atoms. The van der Waals surface area contributed by atoms with Crippen molar-refractivity contribution in [1.82, 2.24) is 4.98 Å². The Balaban J connectivity index is 2.00. The molecule has 0 bridgehead atoms. The predicted molar refractivity (Wildman–Crippen MR) is 84.6 cm³/mol. The Bertz CT molecular complexity index is 601. The molecular formula is C14H18N4OS. The van der Waals surface area contributed by atoms with Crippen LogP contribution in [-0.2, 0) is 0 Å². The van der Waals surface area contributed by atoms with Gasteiger partial charge >= 0.3 is 0 Å². The van der Waals surface area contributed by atoms with Crippen LogP contribution >= 0.6 is 11.3 Å². The number of nitrogen functional groups attached to an aromatic ring is 1. The molecule has 0 unspecified atom stereocenters. The second-order valence-corrected chi connectivity index (χ2v) is 6.09. The van der Waals surface area contributed by atoms with Crippen LogP contribution < -0.4 is 15.9 Å². The Kier molecular flexibility index (Phi) is 4.24. The summed E-state index contributed by atoms with van der Waals surface area (Å²) in [6.45, 7) is 6.05. The zero-order valence-corrected chi connectivity index (χ0v) is 12.6. The second kappa shape index (κ2) is 5.92. The van der Waals surface area contributed by atoms with Crippen LogP contribution in [0.25, 0.3) is 0 Å². The van der Waals surface area contributed by atoms with Crippen molar-refractivity contribution in [1.29, 1.82) is 0 Å². The number of hydrogen-bond acceptors (Lipinski definition) is 6. The lowest BCUT2D eigenvalue weighted by Gasteiger charge is -2.21. The van der Waals surface area contributed by atoms with Gasteiger partial charge in [0.15, 0.2) is 0 Å². The van der Waals surface area contributed by atoms with Crippen LogP contribution in [0.2, 0.25) is 0 Å². The fourth-order valence-electron chi connectivity index (χ4n) is 1.51. The van der Waals surface area contributed by atoms with Crippen molar-refractivity contribution >= 4 is 28.5 Å². The van der Waals surface area contributed by atoms with Crippen molar-refractivity contribution in [2.75, 3.05) is 11.2 Å². The number of thiazole rings is 1. The molecule has 6 heteroatoms. The number of aromatic nitrogens is 1. The molecule has 0 saturated carbocycles. The van der Waals surface area contributed by atoms with E-state index in [2.05, 4.69) is 15.5 Å². The van der Waals surface area contributed by atoms with Gasteiger partial charge in [0, 0.05) is 5.38 Å². The summed E-state index contributed by atoms with van der Waals surface area (Å²) in [5, 5.41) is 6.55. The van der Waals surface area contributed by atoms with Crippen molar-refractivity contribution in [2.45, 2.75) is 26.4 Å². The summed E-state index contributed by atoms with van der Waals surface area (Å²) < 4.78 is 5.80. The van der Waals surface area contributed by atoms with E-state index in [0.717, 1.165) is 11.3 Å². The second-order valence-electron chi connectivity index (χ2n) is 5.23. The predicted octanol–water partition coefficient (Wildman–Crippen LogP) is 3.35. The number of benzene rings is 1. The van der Waals surface area contributed by atoms with Crippen molar-refractivity contribution in [3.8, 4) is 5.75 Å². The first-order valence-corrected chi connectivity index (χ1v) is 7.09. The Hall–Kier alpha value is -2.08. The first-order chi connectivity index (χ1) is 9.42. The maximum Gasteiger partial charge on any atom is 0.205 e. The minimum absolute atomic E-state index is 0.216. The molecule has 0 aliphatic carbocycles. The van der Waals surface area contributed by atoms with Gasteiger partial charge in [-0.3, -0.25) is 5.43 Å². The Morgan fingerprint density at radius 1 is 1.40 bits per heavy atom. The fourth-order valence-corrected chi connectivity index (χ4v) is 2.06. The third-order valence-corrected chi connectivity index (χ3v) is 2.94. The quantitative estimate of drug-likeness (QED) is 0.669. The van der Waals surface area contributed by atoms with E-state index >= 15 is 0 Å². The van der Waals surface area contributed by atoms with E-state index in [4.69, 9.17) is 10.5 Å². The molecule has 0 amide bonds. The maximum absolute atomic E-state index is 5.80. The molecule has 0 fully saturated rings. The number of anilines is 2. The number of nitrogens with zero attached hydrogens (tertiary/aromatic N) is 2. The lowest BCUT2D eigenvalue weighted by atomic mass is 10.2. The molecule has 1 aromatic heterocycles. The topological polar surface area (TPSA) is 72.5 Å². The molecule has 106 valence electrons. The van der Waals surface area contributed by atoms with E-state index in [9.17, 15) is 0 Å². The summed E-state index contributed by atoms with van der Waals surface area (Å²) in [6.07, 6.45) is 1.72. The van der Waals surface area contributed by atoms with E-state index in [1.807, 2.05) is 45.0 Å². The number of hydrogen-bond donors (Lipinski definition) is 2. The molecule has 5 nitrogen and oxygen atoms in total. The molecule has 1 aromatic carbocycles. The molecule has 0 radical (unpaired) electrons. The average Bonchev–Trinajstić information content (AvgIpc) is 2.73. The third kappa shape index (κ3) is 4.55. The summed E-state index contributed by atoms with van der Waals surface area (Å²) in [5.74, 6) is 1.31. The van der Waals surface area contributed by atoms with Crippen molar-refractivity contribution in [2.24, 2.45) is 5.10 Å². The van der Waals surface area contributed by atoms with Crippen LogP contribution in [0.3, 0.4) is 0 Å². The number of nitrogens with two attached hydrogens (primary N) is 1. The summed E-state index contributed by atoms with van der Waals surface area (Å²) in [5.41, 5.74) is 9.10. The molecule has 20 heavy (non-hydrogen) atoms. The van der Waals surface area contributed by atoms with E-state index in [1.54, 1.807) is 11.6 Å². The third-order valence-electron chi connectivity index (χ3n) is 2.18. The van der Waals surface area contributed by atoms with E-state index in [0.29, 0.717) is 10.9 Å². The zero-order chi connectivity index (χ0) is 14.6. The van der Waals surface area contributed by atoms with Crippen LogP contribution in [-0.4, -0.2) is 16.8 Å². The number of rotatable bonds is 4. The normalized spacial score (nSPS) is 11.8. The van der Waals surface area contributed by atoms with E-state index in [-0.39, 0.29) is 5.60 Å². The number of ether oxygens (including phenoxy) is 1. The van der Waals surface area contributed by atoms with Gasteiger partial charge in [-0.25, -0.2) is 4.98 Å². The van der Waals surface area contributed by atoms with E-state index < -0.39 is 0 Å². The highest BCUT2D eigenvalue weighted by atomic mass is 32.1. The van der Waals surface area contributed by atoms with Gasteiger partial charge in [0.05, 0.1) is 6.21 Å². The van der Waals surface area contributed by atoms with Gasteiger partial charge in [0.2, 0.25) is 5.13 Å². The molecule has 2 rings (SSSR count). The van der Waals surface area contributed by atoms with Crippen LogP contribution in [0.5, 0.6) is 5.75 Å². The van der Waals surface area contributed by atoms with Gasteiger partial charge in [-0.05, 0) is 38.5 Å². The maximum atomic E-state index is 5.80. The monoisotopic (exact) mass is 290 g/mol. The van der Waals surface area contributed by atoms with Gasteiger partial charge < -0.3 is 10.5 Å². The molecular weight excluding hydrogens is 272 g/mol. The van der Waals surface area contributed by atoms with Gasteiger partial charge in [-0.2, -0.15) is 5.10 Å². The highest BCUT2D eigenvalue weighted by Crippen LogP contribution is 2.19. The highest BCUT2D eigenvalue weighted by molar-refractivity contribution is 7.14. The Morgan fingerprint density at radius 2 is 2.20 bits per heavy atom. The van der Waals surface area contributed by atoms with Crippen LogP contribution in [0.1, 0.15) is 26.3 Å². The standard InChI is InChI=1S/C14H18N4OS/c1-14(2,3)19-11-6-4-5-10(7-11)8-16-18-13-17-12(15)9-20-13/h4-9H,15H2,1-3H3,(H,17,18). The first kappa shape index (κ1) is 14.3. The Labute approximate surface area is 122 Å². The van der Waals surface area contributed by atoms with Gasteiger partial charge in [0.1, 0.15) is 17.2 Å². The zero-order valence-electron chi connectivity index (χ0n) is 11.8. The summed E-state index contributed by atoms with van der Waals surface area (Å²) >= 11 is 1.41. The van der Waals surface area contributed by atoms with Crippen molar-refractivity contribution in [3.05, 3.63) is 35.2 Å². The molecule has 0 atom stereocenters. The van der Waals surface area contributed by atoms with Gasteiger partial charge in [0.25, 0.3) is 0 Å². The van der Waals surface area contributed by atoms with Gasteiger partial charge in [-0.1, -0.05) is 12.1 Å². The minimum Gasteiger partial charge on any atom is -0.488 e. The van der Waals surface area contributed by atoms with E-state index in [1.165, 1.54) is 11.3 Å². The largest absolute Gasteiger partial charge is 0.488 e. The molecule has 0 aliphatic heterocycles. The Morgan fingerprint density at radius 3 is 2.85 bits per heavy atom. The summed E-state index contributed by atoms with van der Waals surface area (Å²) in [7, 11) is 0. The highest BCUT2D eigenvalue weighted by Gasteiger charge is 2.11. The average molecular weight is 290 g/mol. The molecule has 3 N–H and O–H groups in total. The van der Waals surface area contributed by atoms with Crippen molar-refractivity contribution in [3.63, 3.8) is 0 Å². The number of hydrazone groups is 1. The first-order valence-electron chi connectivity index (χ1n) is 6.21. The smallest absolute Gasteiger partial charge is 0.205 e. The molecule has 0 aliphatic rings. The molecule has 1 heterocycles. The lowest BCUT2D eigenvalue weighted by molar-refractivity contribution is 0.131. The summed E-state index contributed by atoms with van der Waals surface area (Å²) in [4.78, 5) is 4.05. The minimum atomic E-state index is -0.216. The SMILES string of the molecule is CC(C)(C)Oc1cccc(C=NNc2nc(N)cs2)c1.